The molecule has 0 aliphatic heterocycles. The topological polar surface area (TPSA) is 53.4 Å². The number of hydrogen-bond donors (Lipinski definition) is 2. The first-order chi connectivity index (χ1) is 14.1. The van der Waals surface area contributed by atoms with Crippen LogP contribution in [0.15, 0.2) is 72.9 Å². The number of rotatable bonds is 3. The fourth-order valence-electron chi connectivity index (χ4n) is 5.83. The van der Waals surface area contributed by atoms with E-state index in [1.165, 1.54) is 16.7 Å². The molecule has 29 heavy (non-hydrogen) atoms. The molecule has 2 aliphatic rings. The Bertz CT molecular complexity index is 1000. The third-order valence-electron chi connectivity index (χ3n) is 7.24. The van der Waals surface area contributed by atoms with Crippen molar-refractivity contribution in [3.8, 4) is 5.75 Å². The normalized spacial score (nSPS) is 28.4. The Hall–Kier alpha value is -2.65. The second-order valence-electron chi connectivity index (χ2n) is 8.85. The maximum absolute atomic E-state index is 11.6. The Kier molecular flexibility index (Phi) is 4.44. The molecule has 148 valence electrons. The molecule has 5 rings (SSSR count). The van der Waals surface area contributed by atoms with Crippen LogP contribution in [-0.2, 0) is 23.9 Å². The summed E-state index contributed by atoms with van der Waals surface area (Å²) in [5.74, 6) is 0.721. The molecule has 3 aromatic rings. The predicted octanol–water partition coefficient (Wildman–Crippen LogP) is 4.90. The average molecular weight is 386 g/mol. The van der Waals surface area contributed by atoms with Crippen molar-refractivity contribution in [1.82, 2.24) is 4.98 Å². The predicted molar refractivity (Wildman–Crippen MR) is 114 cm³/mol. The fourth-order valence-corrected chi connectivity index (χ4v) is 5.83. The molecule has 1 fully saturated rings. The minimum atomic E-state index is -0.861. The number of aryl methyl sites for hydroxylation is 1. The molecule has 0 saturated heterocycles. The van der Waals surface area contributed by atoms with E-state index in [0.717, 1.165) is 37.8 Å². The van der Waals surface area contributed by atoms with Crippen molar-refractivity contribution in [1.29, 1.82) is 0 Å². The number of hydrogen-bond acceptors (Lipinski definition) is 3. The van der Waals surface area contributed by atoms with E-state index in [4.69, 9.17) is 0 Å². The Morgan fingerprint density at radius 3 is 2.59 bits per heavy atom. The van der Waals surface area contributed by atoms with Crippen LogP contribution in [-0.4, -0.2) is 15.2 Å². The minimum absolute atomic E-state index is 0.0103. The van der Waals surface area contributed by atoms with E-state index in [0.29, 0.717) is 18.1 Å². The highest BCUT2D eigenvalue weighted by Gasteiger charge is 2.52. The molecule has 0 radical (unpaired) electrons. The lowest BCUT2D eigenvalue weighted by Crippen LogP contribution is -2.50. The first-order valence-electron chi connectivity index (χ1n) is 10.6. The Morgan fingerprint density at radius 2 is 1.79 bits per heavy atom. The third-order valence-corrected chi connectivity index (χ3v) is 7.24. The van der Waals surface area contributed by atoms with Gasteiger partial charge < -0.3 is 10.2 Å². The van der Waals surface area contributed by atoms with Crippen molar-refractivity contribution >= 4 is 0 Å². The number of phenolic OH excluding ortho intramolecular Hbond substituents is 1. The number of pyridine rings is 1. The maximum atomic E-state index is 11.6. The Labute approximate surface area is 172 Å². The molecule has 3 nitrogen and oxygen atoms in total. The van der Waals surface area contributed by atoms with E-state index in [2.05, 4.69) is 41.4 Å². The molecule has 1 heterocycles. The number of benzene rings is 2. The molecule has 0 bridgehead atoms. The van der Waals surface area contributed by atoms with Crippen LogP contribution in [0, 0.1) is 5.92 Å². The van der Waals surface area contributed by atoms with Crippen LogP contribution in [0.2, 0.25) is 0 Å². The molecule has 0 unspecified atom stereocenters. The molecule has 1 saturated carbocycles. The van der Waals surface area contributed by atoms with Gasteiger partial charge in [-0.15, -0.1) is 0 Å². The molecule has 0 amide bonds. The minimum Gasteiger partial charge on any atom is -0.508 e. The van der Waals surface area contributed by atoms with Gasteiger partial charge in [-0.2, -0.15) is 0 Å². The third kappa shape index (κ3) is 3.14. The lowest BCUT2D eigenvalue weighted by Gasteiger charge is -2.53. The van der Waals surface area contributed by atoms with Gasteiger partial charge in [0.1, 0.15) is 11.4 Å². The van der Waals surface area contributed by atoms with Gasteiger partial charge in [0, 0.05) is 11.6 Å². The monoisotopic (exact) mass is 385 g/mol. The highest BCUT2D eigenvalue weighted by Crippen LogP contribution is 2.56. The standard InChI is InChI=1S/C26H27NO2/c28-22-11-12-23-20(16-22)9-10-21-18-26(29,24-8-4-5-15-27-24)14-13-25(21,23)17-19-6-2-1-3-7-19/h1-8,11-12,15-16,21,28-29H,9-10,13-14,17-18H2/t21-,25+,26-/m1/s1. The van der Waals surface area contributed by atoms with Crippen molar-refractivity contribution in [3.05, 3.63) is 95.3 Å². The molecule has 1 aromatic heterocycles. The summed E-state index contributed by atoms with van der Waals surface area (Å²) in [6.07, 6.45) is 7.07. The molecule has 2 aromatic carbocycles. The quantitative estimate of drug-likeness (QED) is 0.674. The molecule has 3 atom stereocenters. The summed E-state index contributed by atoms with van der Waals surface area (Å²) in [5, 5.41) is 21.6. The average Bonchev–Trinajstić information content (AvgIpc) is 2.75. The summed E-state index contributed by atoms with van der Waals surface area (Å²) in [6.45, 7) is 0. The van der Waals surface area contributed by atoms with Crippen LogP contribution in [0.25, 0.3) is 0 Å². The second kappa shape index (κ2) is 7.00. The fraction of sp³-hybridized carbons (Fsp3) is 0.346. The van der Waals surface area contributed by atoms with Gasteiger partial charge in [-0.3, -0.25) is 4.98 Å². The molecule has 0 spiro atoms. The van der Waals surface area contributed by atoms with Gasteiger partial charge in [-0.05, 0) is 85.4 Å². The molecular formula is C26H27NO2. The lowest BCUT2D eigenvalue weighted by molar-refractivity contribution is -0.0587. The zero-order chi connectivity index (χ0) is 19.9. The van der Waals surface area contributed by atoms with Gasteiger partial charge in [0.05, 0.1) is 5.69 Å². The van der Waals surface area contributed by atoms with E-state index in [1.54, 1.807) is 6.20 Å². The van der Waals surface area contributed by atoms with Crippen molar-refractivity contribution in [2.45, 2.75) is 49.5 Å². The van der Waals surface area contributed by atoms with E-state index >= 15 is 0 Å². The number of fused-ring (bicyclic) bond motifs is 3. The number of aliphatic hydroxyl groups is 1. The summed E-state index contributed by atoms with van der Waals surface area (Å²) in [5.41, 5.74) is 3.88. The Balaban J connectivity index is 1.58. The van der Waals surface area contributed by atoms with Crippen LogP contribution >= 0.6 is 0 Å². The lowest BCUT2D eigenvalue weighted by atomic mass is 9.52. The molecule has 2 N–H and O–H groups in total. The van der Waals surface area contributed by atoms with Crippen LogP contribution in [0.5, 0.6) is 5.75 Å². The van der Waals surface area contributed by atoms with Gasteiger partial charge >= 0.3 is 0 Å². The van der Waals surface area contributed by atoms with Crippen molar-refractivity contribution in [3.63, 3.8) is 0 Å². The van der Waals surface area contributed by atoms with Gasteiger partial charge in [0.25, 0.3) is 0 Å². The van der Waals surface area contributed by atoms with E-state index in [1.807, 2.05) is 30.3 Å². The van der Waals surface area contributed by atoms with E-state index in [9.17, 15) is 10.2 Å². The highest BCUT2D eigenvalue weighted by molar-refractivity contribution is 5.44. The van der Waals surface area contributed by atoms with Crippen LogP contribution < -0.4 is 0 Å². The van der Waals surface area contributed by atoms with Crippen LogP contribution in [0.4, 0.5) is 0 Å². The van der Waals surface area contributed by atoms with Crippen LogP contribution in [0.3, 0.4) is 0 Å². The second-order valence-corrected chi connectivity index (χ2v) is 8.85. The number of aromatic nitrogens is 1. The van der Waals surface area contributed by atoms with E-state index in [-0.39, 0.29) is 5.41 Å². The van der Waals surface area contributed by atoms with Crippen LogP contribution in [0.1, 0.15) is 48.1 Å². The van der Waals surface area contributed by atoms with Gasteiger partial charge in [-0.1, -0.05) is 42.5 Å². The number of aromatic hydroxyl groups is 1. The summed E-state index contributed by atoms with van der Waals surface area (Å²) in [7, 11) is 0. The number of phenols is 1. The molecule has 3 heteroatoms. The van der Waals surface area contributed by atoms with Crippen molar-refractivity contribution in [2.24, 2.45) is 5.92 Å². The van der Waals surface area contributed by atoms with Crippen molar-refractivity contribution < 1.29 is 10.2 Å². The zero-order valence-electron chi connectivity index (χ0n) is 16.6. The van der Waals surface area contributed by atoms with Gasteiger partial charge in [0.15, 0.2) is 0 Å². The highest BCUT2D eigenvalue weighted by atomic mass is 16.3. The van der Waals surface area contributed by atoms with Gasteiger partial charge in [0.2, 0.25) is 0 Å². The summed E-state index contributed by atoms with van der Waals surface area (Å²) in [4.78, 5) is 4.49. The summed E-state index contributed by atoms with van der Waals surface area (Å²) in [6, 6.07) is 22.4. The Morgan fingerprint density at radius 1 is 0.966 bits per heavy atom. The first kappa shape index (κ1) is 18.4. The molecule has 2 aliphatic carbocycles. The zero-order valence-corrected chi connectivity index (χ0v) is 16.6. The largest absolute Gasteiger partial charge is 0.508 e. The first-order valence-corrected chi connectivity index (χ1v) is 10.6. The maximum Gasteiger partial charge on any atom is 0.115 e. The number of nitrogens with zero attached hydrogens (tertiary/aromatic N) is 1. The smallest absolute Gasteiger partial charge is 0.115 e. The molecular weight excluding hydrogens is 358 g/mol. The van der Waals surface area contributed by atoms with Gasteiger partial charge in [-0.25, -0.2) is 0 Å². The SMILES string of the molecule is Oc1ccc2c(c1)CC[C@@H]1C[C@@](O)(c3ccccn3)CC[C@@]21Cc1ccccc1. The summed E-state index contributed by atoms with van der Waals surface area (Å²) >= 11 is 0. The summed E-state index contributed by atoms with van der Waals surface area (Å²) < 4.78 is 0. The van der Waals surface area contributed by atoms with Crippen molar-refractivity contribution in [2.75, 3.05) is 0 Å². The van der Waals surface area contributed by atoms with E-state index < -0.39 is 5.60 Å².